The fraction of sp³-hybridized carbons (Fsp3) is 0.316. The minimum atomic E-state index is -0.489. The third-order valence-corrected chi connectivity index (χ3v) is 4.39. The summed E-state index contributed by atoms with van der Waals surface area (Å²) in [6.07, 6.45) is 1.65. The maximum Gasteiger partial charge on any atom is 0.253 e. The molecule has 0 spiro atoms. The first-order valence-electron chi connectivity index (χ1n) is 8.33. The maximum absolute atomic E-state index is 12.7. The van der Waals surface area contributed by atoms with Crippen LogP contribution in [0.4, 0.5) is 5.82 Å². The fourth-order valence-corrected chi connectivity index (χ4v) is 3.24. The van der Waals surface area contributed by atoms with Gasteiger partial charge in [-0.1, -0.05) is 17.2 Å². The predicted molar refractivity (Wildman–Crippen MR) is 96.8 cm³/mol. The highest BCUT2D eigenvalue weighted by atomic mass is 16.2. The van der Waals surface area contributed by atoms with Crippen LogP contribution in [0.15, 0.2) is 36.5 Å². The summed E-state index contributed by atoms with van der Waals surface area (Å²) in [5.41, 5.74) is 8.74. The largest absolute Gasteiger partial charge is 0.365 e. The molecule has 25 heavy (non-hydrogen) atoms. The number of primary amides is 1. The second-order valence-electron chi connectivity index (χ2n) is 6.39. The second kappa shape index (κ2) is 6.93. The quantitative estimate of drug-likeness (QED) is 0.925. The molecular formula is C19H22N4O2. The van der Waals surface area contributed by atoms with Crippen LogP contribution >= 0.6 is 0 Å². The minimum Gasteiger partial charge on any atom is -0.365 e. The van der Waals surface area contributed by atoms with Crippen molar-refractivity contribution in [3.05, 3.63) is 58.8 Å². The monoisotopic (exact) mass is 338 g/mol. The van der Waals surface area contributed by atoms with Crippen molar-refractivity contribution in [1.82, 2.24) is 9.88 Å². The first-order chi connectivity index (χ1) is 12.0. The number of aryl methyl sites for hydroxylation is 2. The Morgan fingerprint density at radius 1 is 1.04 bits per heavy atom. The zero-order valence-electron chi connectivity index (χ0n) is 14.5. The van der Waals surface area contributed by atoms with E-state index in [0.29, 0.717) is 37.6 Å². The first kappa shape index (κ1) is 17.0. The molecule has 2 amide bonds. The Balaban J connectivity index is 1.72. The molecule has 2 N–H and O–H groups in total. The molecule has 0 bridgehead atoms. The number of nitrogens with zero attached hydrogens (tertiary/aromatic N) is 3. The maximum atomic E-state index is 12.7. The summed E-state index contributed by atoms with van der Waals surface area (Å²) in [7, 11) is 0. The first-order valence-corrected chi connectivity index (χ1v) is 8.33. The molecule has 1 aromatic heterocycles. The summed E-state index contributed by atoms with van der Waals surface area (Å²) in [6.45, 7) is 6.39. The summed E-state index contributed by atoms with van der Waals surface area (Å²) < 4.78 is 0. The number of carbonyl (C=O) groups excluding carboxylic acids is 2. The van der Waals surface area contributed by atoms with Crippen LogP contribution < -0.4 is 10.6 Å². The smallest absolute Gasteiger partial charge is 0.253 e. The highest BCUT2D eigenvalue weighted by molar-refractivity contribution is 5.98. The molecule has 1 aliphatic heterocycles. The molecule has 6 heteroatoms. The normalized spacial score (nSPS) is 14.5. The van der Waals surface area contributed by atoms with Gasteiger partial charge in [-0.25, -0.2) is 4.98 Å². The van der Waals surface area contributed by atoms with E-state index in [2.05, 4.69) is 11.1 Å². The number of nitrogens with two attached hydrogens (primary N) is 1. The second-order valence-corrected chi connectivity index (χ2v) is 6.39. The number of carbonyl (C=O) groups is 2. The lowest BCUT2D eigenvalue weighted by Crippen LogP contribution is -2.49. The lowest BCUT2D eigenvalue weighted by molar-refractivity contribution is 0.0745. The third kappa shape index (κ3) is 3.63. The Kier molecular flexibility index (Phi) is 4.70. The molecule has 0 saturated carbocycles. The van der Waals surface area contributed by atoms with Gasteiger partial charge in [0.1, 0.15) is 5.82 Å². The van der Waals surface area contributed by atoms with Crippen LogP contribution in [-0.2, 0) is 0 Å². The average Bonchev–Trinajstić information content (AvgIpc) is 2.60. The van der Waals surface area contributed by atoms with Gasteiger partial charge >= 0.3 is 0 Å². The van der Waals surface area contributed by atoms with Crippen LogP contribution in [0.1, 0.15) is 31.8 Å². The molecule has 2 heterocycles. The Morgan fingerprint density at radius 3 is 2.28 bits per heavy atom. The van der Waals surface area contributed by atoms with Crippen molar-refractivity contribution in [2.24, 2.45) is 5.73 Å². The average molecular weight is 338 g/mol. The Labute approximate surface area is 147 Å². The van der Waals surface area contributed by atoms with Crippen molar-refractivity contribution in [1.29, 1.82) is 0 Å². The highest BCUT2D eigenvalue weighted by Gasteiger charge is 2.25. The van der Waals surface area contributed by atoms with Crippen molar-refractivity contribution in [2.45, 2.75) is 13.8 Å². The van der Waals surface area contributed by atoms with Crippen LogP contribution in [0, 0.1) is 13.8 Å². The molecule has 1 saturated heterocycles. The number of benzene rings is 1. The molecule has 6 nitrogen and oxygen atoms in total. The molecule has 130 valence electrons. The molecule has 3 rings (SSSR count). The van der Waals surface area contributed by atoms with E-state index in [9.17, 15) is 9.59 Å². The number of hydrogen-bond acceptors (Lipinski definition) is 4. The van der Waals surface area contributed by atoms with Crippen LogP contribution in [0.25, 0.3) is 0 Å². The van der Waals surface area contributed by atoms with E-state index in [1.54, 1.807) is 18.3 Å². The van der Waals surface area contributed by atoms with Crippen molar-refractivity contribution in [2.75, 3.05) is 31.1 Å². The van der Waals surface area contributed by atoms with Crippen molar-refractivity contribution in [3.8, 4) is 0 Å². The molecule has 1 aliphatic rings. The van der Waals surface area contributed by atoms with Gasteiger partial charge in [0, 0.05) is 37.9 Å². The van der Waals surface area contributed by atoms with Gasteiger partial charge < -0.3 is 15.5 Å². The van der Waals surface area contributed by atoms with Gasteiger partial charge in [-0.2, -0.15) is 0 Å². The minimum absolute atomic E-state index is 0.0441. The molecule has 0 unspecified atom stereocenters. The van der Waals surface area contributed by atoms with E-state index in [0.717, 1.165) is 16.7 Å². The lowest BCUT2D eigenvalue weighted by Gasteiger charge is -2.36. The molecule has 2 aromatic rings. The molecule has 0 atom stereocenters. The van der Waals surface area contributed by atoms with Crippen molar-refractivity contribution in [3.63, 3.8) is 0 Å². The van der Waals surface area contributed by atoms with Crippen molar-refractivity contribution < 1.29 is 9.59 Å². The van der Waals surface area contributed by atoms with Gasteiger partial charge in [-0.3, -0.25) is 9.59 Å². The number of aromatic nitrogens is 1. The third-order valence-electron chi connectivity index (χ3n) is 4.39. The fourth-order valence-electron chi connectivity index (χ4n) is 3.24. The van der Waals surface area contributed by atoms with Gasteiger partial charge in [-0.15, -0.1) is 0 Å². The molecule has 1 fully saturated rings. The summed E-state index contributed by atoms with van der Waals surface area (Å²) in [4.78, 5) is 32.5. The number of pyridine rings is 1. The van der Waals surface area contributed by atoms with E-state index in [1.165, 1.54) is 0 Å². The number of anilines is 1. The predicted octanol–water partition coefficient (Wildman–Crippen LogP) is 1.76. The van der Waals surface area contributed by atoms with Gasteiger partial charge in [-0.05, 0) is 38.1 Å². The SMILES string of the molecule is Cc1cc(C)cc(C(=O)N2CCN(c3ncccc3C(N)=O)CC2)c1. The summed E-state index contributed by atoms with van der Waals surface area (Å²) >= 11 is 0. The molecule has 1 aromatic carbocycles. The van der Waals surface area contributed by atoms with E-state index in [1.807, 2.05) is 35.8 Å². The van der Waals surface area contributed by atoms with Gasteiger partial charge in [0.15, 0.2) is 0 Å². The molecular weight excluding hydrogens is 316 g/mol. The number of amides is 2. The molecule has 0 radical (unpaired) electrons. The number of rotatable bonds is 3. The zero-order chi connectivity index (χ0) is 18.0. The van der Waals surface area contributed by atoms with Crippen LogP contribution in [-0.4, -0.2) is 47.9 Å². The van der Waals surface area contributed by atoms with E-state index < -0.39 is 5.91 Å². The standard InChI is InChI=1S/C19H22N4O2/c1-13-10-14(2)12-15(11-13)19(25)23-8-6-22(7-9-23)18-16(17(20)24)4-3-5-21-18/h3-5,10-12H,6-9H2,1-2H3,(H2,20,24). The van der Waals surface area contributed by atoms with E-state index in [4.69, 9.17) is 5.73 Å². The van der Waals surface area contributed by atoms with Crippen LogP contribution in [0.5, 0.6) is 0 Å². The van der Waals surface area contributed by atoms with E-state index in [-0.39, 0.29) is 5.91 Å². The van der Waals surface area contributed by atoms with Crippen LogP contribution in [0.3, 0.4) is 0 Å². The zero-order valence-corrected chi connectivity index (χ0v) is 14.5. The topological polar surface area (TPSA) is 79.5 Å². The summed E-state index contributed by atoms with van der Waals surface area (Å²) in [6, 6.07) is 9.28. The number of piperazine rings is 1. The van der Waals surface area contributed by atoms with Gasteiger partial charge in [0.2, 0.25) is 0 Å². The summed E-state index contributed by atoms with van der Waals surface area (Å²) in [5.74, 6) is 0.146. The van der Waals surface area contributed by atoms with E-state index >= 15 is 0 Å². The Hall–Kier alpha value is -2.89. The van der Waals surface area contributed by atoms with Crippen LogP contribution in [0.2, 0.25) is 0 Å². The highest BCUT2D eigenvalue weighted by Crippen LogP contribution is 2.20. The molecule has 0 aliphatic carbocycles. The van der Waals surface area contributed by atoms with Gasteiger partial charge in [0.25, 0.3) is 11.8 Å². The Bertz CT molecular complexity index is 791. The Morgan fingerprint density at radius 2 is 1.68 bits per heavy atom. The summed E-state index contributed by atoms with van der Waals surface area (Å²) in [5, 5.41) is 0. The lowest BCUT2D eigenvalue weighted by atomic mass is 10.1. The van der Waals surface area contributed by atoms with Gasteiger partial charge in [0.05, 0.1) is 5.56 Å². The number of hydrogen-bond donors (Lipinski definition) is 1. The van der Waals surface area contributed by atoms with Crippen molar-refractivity contribution >= 4 is 17.6 Å².